The summed E-state index contributed by atoms with van der Waals surface area (Å²) >= 11 is 1.58. The van der Waals surface area contributed by atoms with E-state index in [9.17, 15) is 9.59 Å². The van der Waals surface area contributed by atoms with Gasteiger partial charge in [0, 0.05) is 26.2 Å². The fourth-order valence-corrected chi connectivity index (χ4v) is 3.77. The van der Waals surface area contributed by atoms with E-state index in [2.05, 4.69) is 6.58 Å². The van der Waals surface area contributed by atoms with Gasteiger partial charge in [0.25, 0.3) is 0 Å². The molecule has 0 fully saturated rings. The summed E-state index contributed by atoms with van der Waals surface area (Å²) in [4.78, 5) is 23.6. The van der Waals surface area contributed by atoms with Gasteiger partial charge in [-0.25, -0.2) is 4.79 Å². The van der Waals surface area contributed by atoms with Gasteiger partial charge < -0.3 is 18.9 Å². The molecule has 0 aliphatic carbocycles. The van der Waals surface area contributed by atoms with Crippen molar-refractivity contribution in [1.29, 1.82) is 0 Å². The van der Waals surface area contributed by atoms with Gasteiger partial charge in [0.2, 0.25) is 0 Å². The predicted molar refractivity (Wildman–Crippen MR) is 114 cm³/mol. The monoisotopic (exact) mass is 414 g/mol. The Balaban J connectivity index is 1.51. The topological polar surface area (TPSA) is 71.1 Å². The second-order valence-corrected chi connectivity index (χ2v) is 7.21. The van der Waals surface area contributed by atoms with Crippen LogP contribution in [0.4, 0.5) is 0 Å². The van der Waals surface area contributed by atoms with Gasteiger partial charge in [0.05, 0.1) is 19.8 Å². The molecular weight excluding hydrogens is 392 g/mol. The van der Waals surface area contributed by atoms with Crippen LogP contribution in [0.3, 0.4) is 0 Å². The second kappa shape index (κ2) is 10.2. The lowest BCUT2D eigenvalue weighted by atomic mass is 10.2. The van der Waals surface area contributed by atoms with Gasteiger partial charge in [-0.3, -0.25) is 4.79 Å². The maximum Gasteiger partial charge on any atom is 0.330 e. The lowest BCUT2D eigenvalue weighted by Crippen LogP contribution is -2.20. The molecule has 0 spiro atoms. The number of esters is 1. The molecule has 1 atom stereocenters. The fourth-order valence-electron chi connectivity index (χ4n) is 2.72. The average Bonchev–Trinajstić information content (AvgIpc) is 2.73. The van der Waals surface area contributed by atoms with Crippen LogP contribution in [0, 0.1) is 0 Å². The molecule has 0 bridgehead atoms. The lowest BCUT2D eigenvalue weighted by molar-refractivity contribution is -0.139. The van der Waals surface area contributed by atoms with E-state index in [1.54, 1.807) is 24.3 Å². The zero-order valence-electron chi connectivity index (χ0n) is 16.1. The van der Waals surface area contributed by atoms with Crippen molar-refractivity contribution in [3.05, 3.63) is 65.3 Å². The molecule has 0 aliphatic rings. The van der Waals surface area contributed by atoms with Crippen molar-refractivity contribution < 1.29 is 23.7 Å². The van der Waals surface area contributed by atoms with Gasteiger partial charge >= 0.3 is 5.97 Å². The van der Waals surface area contributed by atoms with Crippen LogP contribution >= 0.6 is 11.3 Å². The number of ether oxygens (including phenoxy) is 4. The zero-order valence-corrected chi connectivity index (χ0v) is 16.9. The molecule has 3 rings (SSSR count). The molecule has 1 heterocycles. The number of carbonyl (C=O) groups is 1. The Morgan fingerprint density at radius 2 is 1.83 bits per heavy atom. The summed E-state index contributed by atoms with van der Waals surface area (Å²) < 4.78 is 23.3. The van der Waals surface area contributed by atoms with Crippen molar-refractivity contribution in [1.82, 2.24) is 0 Å². The van der Waals surface area contributed by atoms with E-state index in [4.69, 9.17) is 18.9 Å². The van der Waals surface area contributed by atoms with Crippen LogP contribution in [0.15, 0.2) is 59.9 Å². The van der Waals surface area contributed by atoms with Crippen molar-refractivity contribution in [3.8, 4) is 5.75 Å². The summed E-state index contributed by atoms with van der Waals surface area (Å²) in [6.07, 6.45) is 0.599. The first-order valence-corrected chi connectivity index (χ1v) is 10.0. The van der Waals surface area contributed by atoms with Crippen molar-refractivity contribution in [2.75, 3.05) is 26.4 Å². The Morgan fingerprint density at radius 1 is 1.07 bits per heavy atom. The summed E-state index contributed by atoms with van der Waals surface area (Å²) in [5.74, 6) is 0.0964. The van der Waals surface area contributed by atoms with Crippen LogP contribution in [0.25, 0.3) is 20.2 Å². The molecule has 6 nitrogen and oxygen atoms in total. The molecule has 3 aromatic rings. The highest BCUT2D eigenvalue weighted by atomic mass is 32.1. The molecule has 0 saturated carbocycles. The SMILES string of the molecule is C=CC(=O)OCCOCCOC(C)Oc1ccc2sc3ccccc3c(=O)c2c1. The molecule has 0 aliphatic heterocycles. The number of carbonyl (C=O) groups excluding carboxylic acids is 1. The van der Waals surface area contributed by atoms with E-state index < -0.39 is 12.3 Å². The summed E-state index contributed by atoms with van der Waals surface area (Å²) in [7, 11) is 0. The number of hydrogen-bond donors (Lipinski definition) is 0. The highest BCUT2D eigenvalue weighted by molar-refractivity contribution is 7.24. The minimum absolute atomic E-state index is 0.000994. The number of fused-ring (bicyclic) bond motifs is 2. The lowest BCUT2D eigenvalue weighted by Gasteiger charge is -2.16. The third-order valence-corrected chi connectivity index (χ3v) is 5.22. The standard InChI is InChI=1S/C22H22O6S/c1-3-21(23)27-13-11-25-10-12-26-15(2)28-16-8-9-20-18(14-16)22(24)17-6-4-5-7-19(17)29-20/h3-9,14-15H,1,10-13H2,2H3. The van der Waals surface area contributed by atoms with Crippen LogP contribution in [-0.2, 0) is 19.0 Å². The Bertz CT molecular complexity index is 1060. The minimum atomic E-state index is -0.506. The zero-order chi connectivity index (χ0) is 20.6. The Morgan fingerprint density at radius 3 is 2.66 bits per heavy atom. The molecule has 1 unspecified atom stereocenters. The molecule has 152 valence electrons. The van der Waals surface area contributed by atoms with Crippen LogP contribution in [0.2, 0.25) is 0 Å². The van der Waals surface area contributed by atoms with Gasteiger partial charge in [-0.1, -0.05) is 18.7 Å². The maximum atomic E-state index is 12.8. The normalized spacial score (nSPS) is 12.0. The fraction of sp³-hybridized carbons (Fsp3) is 0.273. The average molecular weight is 414 g/mol. The Kier molecular flexibility index (Phi) is 7.35. The molecular formula is C22H22O6S. The van der Waals surface area contributed by atoms with E-state index in [0.29, 0.717) is 29.7 Å². The summed E-state index contributed by atoms with van der Waals surface area (Å²) in [5.41, 5.74) is -0.000994. The van der Waals surface area contributed by atoms with Crippen LogP contribution < -0.4 is 10.2 Å². The first-order valence-electron chi connectivity index (χ1n) is 9.19. The number of benzene rings is 2. The van der Waals surface area contributed by atoms with Crippen LogP contribution in [0.1, 0.15) is 6.92 Å². The first kappa shape index (κ1) is 21.0. The van der Waals surface area contributed by atoms with Crippen molar-refractivity contribution in [3.63, 3.8) is 0 Å². The third kappa shape index (κ3) is 5.63. The quantitative estimate of drug-likeness (QED) is 0.165. The molecule has 0 N–H and O–H groups in total. The smallest absolute Gasteiger partial charge is 0.330 e. The van der Waals surface area contributed by atoms with E-state index in [1.807, 2.05) is 36.4 Å². The maximum absolute atomic E-state index is 12.8. The molecule has 0 radical (unpaired) electrons. The predicted octanol–water partition coefficient (Wildman–Crippen LogP) is 3.90. The molecule has 29 heavy (non-hydrogen) atoms. The van der Waals surface area contributed by atoms with E-state index in [0.717, 1.165) is 15.5 Å². The number of rotatable bonds is 10. The minimum Gasteiger partial charge on any atom is -0.465 e. The van der Waals surface area contributed by atoms with Crippen LogP contribution in [0.5, 0.6) is 5.75 Å². The van der Waals surface area contributed by atoms with E-state index in [-0.39, 0.29) is 18.6 Å². The number of hydrogen-bond acceptors (Lipinski definition) is 7. The van der Waals surface area contributed by atoms with Gasteiger partial charge in [0.1, 0.15) is 12.4 Å². The Labute approximate surface area is 172 Å². The largest absolute Gasteiger partial charge is 0.465 e. The summed E-state index contributed by atoms with van der Waals surface area (Å²) in [6.45, 7) is 6.20. The van der Waals surface area contributed by atoms with Gasteiger partial charge in [0.15, 0.2) is 11.7 Å². The highest BCUT2D eigenvalue weighted by Gasteiger charge is 2.09. The molecule has 0 amide bonds. The van der Waals surface area contributed by atoms with E-state index >= 15 is 0 Å². The Hall–Kier alpha value is -2.74. The first-order chi connectivity index (χ1) is 14.1. The van der Waals surface area contributed by atoms with Crippen molar-refractivity contribution >= 4 is 37.5 Å². The van der Waals surface area contributed by atoms with Gasteiger partial charge in [-0.2, -0.15) is 0 Å². The van der Waals surface area contributed by atoms with Crippen LogP contribution in [-0.4, -0.2) is 38.7 Å². The molecule has 2 aromatic carbocycles. The third-order valence-electron chi connectivity index (χ3n) is 4.07. The van der Waals surface area contributed by atoms with Gasteiger partial charge in [-0.05, 0) is 37.3 Å². The van der Waals surface area contributed by atoms with Crippen molar-refractivity contribution in [2.24, 2.45) is 0 Å². The molecule has 7 heteroatoms. The molecule has 0 saturated heterocycles. The molecule has 1 aromatic heterocycles. The highest BCUT2D eigenvalue weighted by Crippen LogP contribution is 2.27. The van der Waals surface area contributed by atoms with E-state index in [1.165, 1.54) is 0 Å². The van der Waals surface area contributed by atoms with Crippen molar-refractivity contribution in [2.45, 2.75) is 13.2 Å². The summed E-state index contributed by atoms with van der Waals surface area (Å²) in [5, 5.41) is 1.35. The van der Waals surface area contributed by atoms with Gasteiger partial charge in [-0.15, -0.1) is 11.3 Å². The second-order valence-electron chi connectivity index (χ2n) is 6.13. The summed E-state index contributed by atoms with van der Waals surface area (Å²) in [6, 6.07) is 13.1.